The third kappa shape index (κ3) is 5.33. The molecule has 3 heterocycles. The molecule has 2 aliphatic rings. The second-order valence-corrected chi connectivity index (χ2v) is 9.37. The van der Waals surface area contributed by atoms with Gasteiger partial charge in [0.05, 0.1) is 6.54 Å². The van der Waals surface area contributed by atoms with Crippen molar-refractivity contribution in [1.29, 1.82) is 0 Å². The van der Waals surface area contributed by atoms with Crippen LogP contribution in [-0.2, 0) is 16.2 Å². The molecule has 0 saturated carbocycles. The molecule has 8 heteroatoms. The van der Waals surface area contributed by atoms with Crippen LogP contribution >= 0.6 is 0 Å². The number of aromatic amines is 1. The highest BCUT2D eigenvalue weighted by Gasteiger charge is 2.33. The van der Waals surface area contributed by atoms with E-state index in [-0.39, 0.29) is 5.91 Å². The number of hydrogen-bond donors (Lipinski definition) is 2. The number of fused-ring (bicyclic) bond motifs is 1. The molecular formula is C27H32N4O4. The Kier molecular flexibility index (Phi) is 7.01. The summed E-state index contributed by atoms with van der Waals surface area (Å²) in [6.07, 6.45) is 3.97. The van der Waals surface area contributed by atoms with E-state index in [9.17, 15) is 14.7 Å². The van der Waals surface area contributed by atoms with Gasteiger partial charge in [0.25, 0.3) is 0 Å². The minimum Gasteiger partial charge on any atom is -0.489 e. The van der Waals surface area contributed by atoms with E-state index in [1.165, 1.54) is 0 Å². The summed E-state index contributed by atoms with van der Waals surface area (Å²) in [5.74, 6) is 0.0186. The SMILES string of the molecule is O=C(O)[C@@H](c1c[nH]c2ccc(OCc3ccccc3)cc12)N1CCN(CC(=O)N2CCCC2)CC1. The lowest BCUT2D eigenvalue weighted by atomic mass is 10.0. The number of rotatable bonds is 8. The summed E-state index contributed by atoms with van der Waals surface area (Å²) in [6.45, 7) is 5.14. The van der Waals surface area contributed by atoms with Gasteiger partial charge in [-0.05, 0) is 36.6 Å². The molecule has 1 amide bonds. The first-order valence-corrected chi connectivity index (χ1v) is 12.3. The number of carboxylic acids is 1. The van der Waals surface area contributed by atoms with Crippen molar-refractivity contribution >= 4 is 22.8 Å². The second kappa shape index (κ2) is 10.5. The lowest BCUT2D eigenvalue weighted by Crippen LogP contribution is -2.51. The molecule has 0 bridgehead atoms. The smallest absolute Gasteiger partial charge is 0.325 e. The molecule has 0 radical (unpaired) electrons. The number of carbonyl (C=O) groups excluding carboxylic acids is 1. The van der Waals surface area contributed by atoms with Gasteiger partial charge in [0.15, 0.2) is 0 Å². The number of carbonyl (C=O) groups is 2. The van der Waals surface area contributed by atoms with Crippen LogP contribution in [0.4, 0.5) is 0 Å². The zero-order chi connectivity index (χ0) is 24.2. The van der Waals surface area contributed by atoms with Crippen LogP contribution in [0.25, 0.3) is 10.9 Å². The van der Waals surface area contributed by atoms with Crippen molar-refractivity contribution in [1.82, 2.24) is 19.7 Å². The zero-order valence-electron chi connectivity index (χ0n) is 19.9. The molecule has 2 aromatic carbocycles. The van der Waals surface area contributed by atoms with Gasteiger partial charge in [-0.15, -0.1) is 0 Å². The van der Waals surface area contributed by atoms with Crippen LogP contribution in [-0.4, -0.2) is 82.5 Å². The Labute approximate surface area is 205 Å². The number of nitrogens with one attached hydrogen (secondary N) is 1. The molecule has 2 saturated heterocycles. The average Bonchev–Trinajstić information content (AvgIpc) is 3.55. The molecule has 1 atom stereocenters. The molecule has 2 fully saturated rings. The van der Waals surface area contributed by atoms with Gasteiger partial charge in [-0.25, -0.2) is 0 Å². The van der Waals surface area contributed by atoms with E-state index >= 15 is 0 Å². The average molecular weight is 477 g/mol. The first-order valence-electron chi connectivity index (χ1n) is 12.3. The van der Waals surface area contributed by atoms with Gasteiger partial charge in [0.1, 0.15) is 18.4 Å². The molecule has 0 unspecified atom stereocenters. The van der Waals surface area contributed by atoms with E-state index in [4.69, 9.17) is 4.74 Å². The number of amides is 1. The number of carboxylic acid groups (broad SMARTS) is 1. The van der Waals surface area contributed by atoms with E-state index in [0.29, 0.717) is 45.1 Å². The van der Waals surface area contributed by atoms with E-state index in [2.05, 4.69) is 9.88 Å². The van der Waals surface area contributed by atoms with E-state index in [1.54, 1.807) is 6.20 Å². The van der Waals surface area contributed by atoms with Crippen LogP contribution in [0.2, 0.25) is 0 Å². The molecular weight excluding hydrogens is 444 g/mol. The Balaban J connectivity index is 1.27. The van der Waals surface area contributed by atoms with Crippen molar-refractivity contribution in [3.8, 4) is 5.75 Å². The zero-order valence-corrected chi connectivity index (χ0v) is 19.9. The summed E-state index contributed by atoms with van der Waals surface area (Å²) in [6, 6.07) is 14.9. The molecule has 8 nitrogen and oxygen atoms in total. The number of piperazine rings is 1. The molecule has 3 aromatic rings. The molecule has 2 aliphatic heterocycles. The van der Waals surface area contributed by atoms with Gasteiger partial charge in [-0.2, -0.15) is 0 Å². The maximum Gasteiger partial charge on any atom is 0.325 e. The van der Waals surface area contributed by atoms with Crippen LogP contribution in [0, 0.1) is 0 Å². The van der Waals surface area contributed by atoms with Crippen LogP contribution in [0.1, 0.15) is 30.0 Å². The van der Waals surface area contributed by atoms with Crippen molar-refractivity contribution in [2.45, 2.75) is 25.5 Å². The van der Waals surface area contributed by atoms with Crippen LogP contribution in [0.3, 0.4) is 0 Å². The fourth-order valence-corrected chi connectivity index (χ4v) is 5.10. The van der Waals surface area contributed by atoms with Gasteiger partial charge in [0, 0.05) is 61.9 Å². The van der Waals surface area contributed by atoms with E-state index in [0.717, 1.165) is 48.0 Å². The van der Waals surface area contributed by atoms with Crippen molar-refractivity contribution < 1.29 is 19.4 Å². The normalized spacial score (nSPS) is 18.1. The number of ether oxygens (including phenoxy) is 1. The third-order valence-electron chi connectivity index (χ3n) is 7.05. The van der Waals surface area contributed by atoms with E-state index in [1.807, 2.05) is 58.3 Å². The lowest BCUT2D eigenvalue weighted by molar-refractivity contribution is -0.145. The lowest BCUT2D eigenvalue weighted by Gasteiger charge is -2.37. The standard InChI is InChI=1S/C27H32N4O4/c32-25(30-10-4-5-11-30)18-29-12-14-31(15-13-29)26(27(33)34)23-17-28-24-9-8-21(16-22(23)24)35-19-20-6-2-1-3-7-20/h1-3,6-9,16-17,26,28H,4-5,10-15,18-19H2,(H,33,34)/t26-/m1/s1. The van der Waals surface area contributed by atoms with Crippen molar-refractivity contribution in [2.75, 3.05) is 45.8 Å². The predicted molar refractivity (Wildman–Crippen MR) is 133 cm³/mol. The molecule has 2 N–H and O–H groups in total. The number of hydrogen-bond acceptors (Lipinski definition) is 5. The highest BCUT2D eigenvalue weighted by Crippen LogP contribution is 2.32. The van der Waals surface area contributed by atoms with Gasteiger partial charge >= 0.3 is 5.97 Å². The highest BCUT2D eigenvalue weighted by atomic mass is 16.5. The van der Waals surface area contributed by atoms with Gasteiger partial charge in [-0.3, -0.25) is 19.4 Å². The molecule has 35 heavy (non-hydrogen) atoms. The Morgan fingerprint density at radius 1 is 0.971 bits per heavy atom. The Hall–Kier alpha value is -3.36. The first-order chi connectivity index (χ1) is 17.1. The van der Waals surface area contributed by atoms with Gasteiger partial charge in [0.2, 0.25) is 5.91 Å². The molecule has 5 rings (SSSR count). The minimum atomic E-state index is -0.872. The Morgan fingerprint density at radius 2 is 1.71 bits per heavy atom. The number of aromatic nitrogens is 1. The quantitative estimate of drug-likeness (QED) is 0.519. The number of likely N-dealkylation sites (tertiary alicyclic amines) is 1. The predicted octanol–water partition coefficient (Wildman–Crippen LogP) is 3.11. The fraction of sp³-hybridized carbons (Fsp3) is 0.407. The van der Waals surface area contributed by atoms with Crippen molar-refractivity contribution in [3.05, 3.63) is 65.9 Å². The topological polar surface area (TPSA) is 89.1 Å². The molecule has 184 valence electrons. The minimum absolute atomic E-state index is 0.186. The van der Waals surface area contributed by atoms with E-state index < -0.39 is 12.0 Å². The Morgan fingerprint density at radius 3 is 2.43 bits per heavy atom. The van der Waals surface area contributed by atoms with Crippen LogP contribution < -0.4 is 4.74 Å². The van der Waals surface area contributed by atoms with Crippen molar-refractivity contribution in [2.24, 2.45) is 0 Å². The summed E-state index contributed by atoms with van der Waals surface area (Å²) >= 11 is 0. The van der Waals surface area contributed by atoms with Crippen LogP contribution in [0.5, 0.6) is 5.75 Å². The number of nitrogens with zero attached hydrogens (tertiary/aromatic N) is 3. The summed E-state index contributed by atoms with van der Waals surface area (Å²) in [5, 5.41) is 11.0. The third-order valence-corrected chi connectivity index (χ3v) is 7.05. The largest absolute Gasteiger partial charge is 0.489 e. The maximum atomic E-state index is 12.5. The van der Waals surface area contributed by atoms with Gasteiger partial charge < -0.3 is 19.7 Å². The highest BCUT2D eigenvalue weighted by molar-refractivity contribution is 5.90. The summed E-state index contributed by atoms with van der Waals surface area (Å²) in [4.78, 5) is 34.2. The van der Waals surface area contributed by atoms with Gasteiger partial charge in [-0.1, -0.05) is 30.3 Å². The fourth-order valence-electron chi connectivity index (χ4n) is 5.10. The number of aliphatic carboxylic acids is 1. The summed E-state index contributed by atoms with van der Waals surface area (Å²) in [7, 11) is 0. The first kappa shape index (κ1) is 23.4. The monoisotopic (exact) mass is 476 g/mol. The van der Waals surface area contributed by atoms with Crippen LogP contribution in [0.15, 0.2) is 54.7 Å². The molecule has 0 spiro atoms. The Bertz CT molecular complexity index is 1160. The summed E-state index contributed by atoms with van der Waals surface area (Å²) in [5.41, 5.74) is 2.69. The molecule has 1 aromatic heterocycles. The second-order valence-electron chi connectivity index (χ2n) is 9.37. The van der Waals surface area contributed by atoms with Crippen molar-refractivity contribution in [3.63, 3.8) is 0 Å². The number of benzene rings is 2. The number of H-pyrrole nitrogens is 1. The summed E-state index contributed by atoms with van der Waals surface area (Å²) < 4.78 is 5.99. The molecule has 0 aliphatic carbocycles. The maximum absolute atomic E-state index is 12.5.